The fourth-order valence-electron chi connectivity index (χ4n) is 2.71. The zero-order chi connectivity index (χ0) is 13.0. The van der Waals surface area contributed by atoms with E-state index in [9.17, 15) is 9.59 Å². The molecule has 1 atom stereocenters. The molecule has 2 heterocycles. The molecular weight excluding hydrogens is 232 g/mol. The minimum absolute atomic E-state index is 0.117. The predicted molar refractivity (Wildman–Crippen MR) is 67.9 cm³/mol. The number of hydrogen-bond donors (Lipinski definition) is 2. The molecule has 102 valence electrons. The Hall–Kier alpha value is -1.14. The average Bonchev–Trinajstić information content (AvgIpc) is 2.63. The number of carbonyl (C=O) groups excluding carboxylic acids is 2. The van der Waals surface area contributed by atoms with Gasteiger partial charge >= 0.3 is 0 Å². The number of rotatable bonds is 3. The molecule has 2 amide bonds. The Kier molecular flexibility index (Phi) is 4.54. The molecule has 3 N–H and O–H groups in total. The number of primary amides is 1. The van der Waals surface area contributed by atoms with Crippen molar-refractivity contribution in [1.82, 2.24) is 15.1 Å². The van der Waals surface area contributed by atoms with Gasteiger partial charge in [0.1, 0.15) is 0 Å². The molecule has 1 unspecified atom stereocenters. The maximum absolute atomic E-state index is 12.2. The maximum atomic E-state index is 12.2. The summed E-state index contributed by atoms with van der Waals surface area (Å²) in [4.78, 5) is 27.3. The zero-order valence-electron chi connectivity index (χ0n) is 10.7. The highest BCUT2D eigenvalue weighted by molar-refractivity contribution is 5.82. The quantitative estimate of drug-likeness (QED) is 0.660. The number of hydrogen-bond acceptors (Lipinski definition) is 4. The van der Waals surface area contributed by atoms with E-state index in [4.69, 9.17) is 5.73 Å². The lowest BCUT2D eigenvalue weighted by atomic mass is 10.2. The largest absolute Gasteiger partial charge is 0.368 e. The molecule has 0 aliphatic carbocycles. The van der Waals surface area contributed by atoms with Gasteiger partial charge in [-0.25, -0.2) is 0 Å². The maximum Gasteiger partial charge on any atom is 0.236 e. The van der Waals surface area contributed by atoms with Crippen LogP contribution in [0.25, 0.3) is 0 Å². The molecule has 0 aromatic rings. The average molecular weight is 254 g/mol. The third-order valence-electron chi connectivity index (χ3n) is 3.72. The van der Waals surface area contributed by atoms with E-state index < -0.39 is 0 Å². The third kappa shape index (κ3) is 3.20. The second-order valence-corrected chi connectivity index (χ2v) is 5.02. The van der Waals surface area contributed by atoms with Crippen molar-refractivity contribution in [3.8, 4) is 0 Å². The second kappa shape index (κ2) is 6.15. The third-order valence-corrected chi connectivity index (χ3v) is 3.72. The fraction of sp³-hybridized carbons (Fsp3) is 0.833. The SMILES string of the molecule is NC(=O)C1CCCN1CC(=O)N1CCCNCC1. The van der Waals surface area contributed by atoms with E-state index in [1.165, 1.54) is 0 Å². The van der Waals surface area contributed by atoms with Crippen molar-refractivity contribution in [2.75, 3.05) is 39.3 Å². The summed E-state index contributed by atoms with van der Waals surface area (Å²) in [6, 6.07) is -0.251. The van der Waals surface area contributed by atoms with Crippen molar-refractivity contribution in [3.05, 3.63) is 0 Å². The van der Waals surface area contributed by atoms with Gasteiger partial charge in [-0.3, -0.25) is 14.5 Å². The van der Waals surface area contributed by atoms with Crippen molar-refractivity contribution in [1.29, 1.82) is 0 Å². The lowest BCUT2D eigenvalue weighted by Crippen LogP contribution is -2.47. The molecule has 18 heavy (non-hydrogen) atoms. The molecule has 0 spiro atoms. The van der Waals surface area contributed by atoms with E-state index in [2.05, 4.69) is 5.32 Å². The van der Waals surface area contributed by atoms with Crippen LogP contribution >= 0.6 is 0 Å². The number of carbonyl (C=O) groups is 2. The van der Waals surface area contributed by atoms with Gasteiger partial charge in [-0.1, -0.05) is 0 Å². The van der Waals surface area contributed by atoms with Gasteiger partial charge in [-0.15, -0.1) is 0 Å². The Bertz CT molecular complexity index is 313. The van der Waals surface area contributed by atoms with Crippen LogP contribution in [0.4, 0.5) is 0 Å². The molecule has 2 saturated heterocycles. The van der Waals surface area contributed by atoms with E-state index in [1.54, 1.807) is 0 Å². The van der Waals surface area contributed by atoms with Crippen molar-refractivity contribution < 1.29 is 9.59 Å². The highest BCUT2D eigenvalue weighted by atomic mass is 16.2. The van der Waals surface area contributed by atoms with Crippen molar-refractivity contribution >= 4 is 11.8 Å². The highest BCUT2D eigenvalue weighted by Crippen LogP contribution is 2.16. The smallest absolute Gasteiger partial charge is 0.236 e. The van der Waals surface area contributed by atoms with Crippen LogP contribution in [-0.2, 0) is 9.59 Å². The number of nitrogens with two attached hydrogens (primary N) is 1. The van der Waals surface area contributed by atoms with E-state index in [0.717, 1.165) is 52.0 Å². The number of likely N-dealkylation sites (tertiary alicyclic amines) is 1. The molecule has 2 aliphatic heterocycles. The molecule has 2 fully saturated rings. The van der Waals surface area contributed by atoms with Gasteiger partial charge in [0.15, 0.2) is 0 Å². The number of nitrogens with zero attached hydrogens (tertiary/aromatic N) is 2. The minimum Gasteiger partial charge on any atom is -0.368 e. The zero-order valence-corrected chi connectivity index (χ0v) is 10.7. The van der Waals surface area contributed by atoms with Gasteiger partial charge < -0.3 is 16.0 Å². The Labute approximate surface area is 107 Å². The van der Waals surface area contributed by atoms with Crippen LogP contribution < -0.4 is 11.1 Å². The summed E-state index contributed by atoms with van der Waals surface area (Å²) in [5, 5.41) is 3.27. The Morgan fingerprint density at radius 1 is 1.17 bits per heavy atom. The summed E-state index contributed by atoms with van der Waals surface area (Å²) in [5.41, 5.74) is 5.35. The molecular formula is C12H22N4O2. The van der Waals surface area contributed by atoms with Crippen molar-refractivity contribution in [3.63, 3.8) is 0 Å². The summed E-state index contributed by atoms with van der Waals surface area (Å²) in [7, 11) is 0. The Morgan fingerprint density at radius 2 is 2.00 bits per heavy atom. The first-order valence-corrected chi connectivity index (χ1v) is 6.70. The molecule has 0 bridgehead atoms. The van der Waals surface area contributed by atoms with Crippen molar-refractivity contribution in [2.45, 2.75) is 25.3 Å². The number of nitrogens with one attached hydrogen (secondary N) is 1. The molecule has 6 heteroatoms. The van der Waals surface area contributed by atoms with Gasteiger partial charge in [0.25, 0.3) is 0 Å². The molecule has 0 aromatic heterocycles. The normalized spacial score (nSPS) is 26.0. The van der Waals surface area contributed by atoms with Crippen LogP contribution in [0.3, 0.4) is 0 Å². The first-order valence-electron chi connectivity index (χ1n) is 6.70. The molecule has 0 radical (unpaired) electrons. The molecule has 6 nitrogen and oxygen atoms in total. The lowest BCUT2D eigenvalue weighted by molar-refractivity contribution is -0.133. The molecule has 0 aromatic carbocycles. The second-order valence-electron chi connectivity index (χ2n) is 5.02. The first kappa shape index (κ1) is 13.3. The molecule has 2 aliphatic rings. The van der Waals surface area contributed by atoms with Crippen LogP contribution in [0.2, 0.25) is 0 Å². The summed E-state index contributed by atoms with van der Waals surface area (Å²) in [6.07, 6.45) is 2.72. The van der Waals surface area contributed by atoms with E-state index in [0.29, 0.717) is 6.54 Å². The fourth-order valence-corrected chi connectivity index (χ4v) is 2.71. The summed E-state index contributed by atoms with van der Waals surface area (Å²) >= 11 is 0. The molecule has 2 rings (SSSR count). The van der Waals surface area contributed by atoms with Crippen LogP contribution in [-0.4, -0.2) is 66.9 Å². The van der Waals surface area contributed by atoms with Gasteiger partial charge in [0.2, 0.25) is 11.8 Å². The van der Waals surface area contributed by atoms with E-state index in [1.807, 2.05) is 9.80 Å². The highest BCUT2D eigenvalue weighted by Gasteiger charge is 2.31. The van der Waals surface area contributed by atoms with Gasteiger partial charge in [0.05, 0.1) is 12.6 Å². The van der Waals surface area contributed by atoms with Crippen LogP contribution in [0.5, 0.6) is 0 Å². The molecule has 0 saturated carbocycles. The lowest BCUT2D eigenvalue weighted by Gasteiger charge is -2.26. The summed E-state index contributed by atoms with van der Waals surface area (Å²) in [6.45, 7) is 4.51. The Morgan fingerprint density at radius 3 is 2.78 bits per heavy atom. The Balaban J connectivity index is 1.87. The van der Waals surface area contributed by atoms with Gasteiger partial charge in [-0.2, -0.15) is 0 Å². The van der Waals surface area contributed by atoms with Crippen LogP contribution in [0.1, 0.15) is 19.3 Å². The van der Waals surface area contributed by atoms with E-state index in [-0.39, 0.29) is 17.9 Å². The summed E-state index contributed by atoms with van der Waals surface area (Å²) < 4.78 is 0. The first-order chi connectivity index (χ1) is 8.68. The van der Waals surface area contributed by atoms with Crippen LogP contribution in [0.15, 0.2) is 0 Å². The van der Waals surface area contributed by atoms with E-state index >= 15 is 0 Å². The summed E-state index contributed by atoms with van der Waals surface area (Å²) in [5.74, 6) is -0.190. The monoisotopic (exact) mass is 254 g/mol. The topological polar surface area (TPSA) is 78.7 Å². The van der Waals surface area contributed by atoms with Gasteiger partial charge in [-0.05, 0) is 32.4 Å². The van der Waals surface area contributed by atoms with Gasteiger partial charge in [0, 0.05) is 19.6 Å². The minimum atomic E-state index is -0.308. The van der Waals surface area contributed by atoms with Crippen LogP contribution in [0, 0.1) is 0 Å². The predicted octanol–water partition coefficient (Wildman–Crippen LogP) is -1.24. The standard InChI is InChI=1S/C12H22N4O2/c13-12(18)10-3-1-6-16(10)9-11(17)15-7-2-4-14-5-8-15/h10,14H,1-9H2,(H2,13,18). The van der Waals surface area contributed by atoms with Crippen molar-refractivity contribution in [2.24, 2.45) is 5.73 Å². The number of amides is 2.